The number of nitrogens with two attached hydrogens (primary N) is 1. The largest absolute Gasteiger partial charge is 0.397 e. The number of hydrogen-bond acceptors (Lipinski definition) is 3. The summed E-state index contributed by atoms with van der Waals surface area (Å²) in [6, 6.07) is 5.70. The molecule has 0 saturated heterocycles. The fourth-order valence-corrected chi connectivity index (χ4v) is 2.89. The number of rotatable bonds is 2. The Labute approximate surface area is 107 Å². The SMILES string of the molecule is CCc1c(-c2ccc(F)c(F)c2)sc(C#N)c1N. The van der Waals surface area contributed by atoms with Crippen LogP contribution in [0.3, 0.4) is 0 Å². The van der Waals surface area contributed by atoms with Crippen molar-refractivity contribution < 1.29 is 8.78 Å². The molecule has 0 fully saturated rings. The highest BCUT2D eigenvalue weighted by Gasteiger charge is 2.16. The van der Waals surface area contributed by atoms with Crippen molar-refractivity contribution >= 4 is 17.0 Å². The minimum Gasteiger partial charge on any atom is -0.397 e. The Morgan fingerprint density at radius 1 is 1.33 bits per heavy atom. The van der Waals surface area contributed by atoms with Crippen molar-refractivity contribution in [3.8, 4) is 16.5 Å². The molecule has 2 aromatic rings. The van der Waals surface area contributed by atoms with Gasteiger partial charge in [0.25, 0.3) is 0 Å². The number of hydrogen-bond donors (Lipinski definition) is 1. The average molecular weight is 264 g/mol. The summed E-state index contributed by atoms with van der Waals surface area (Å²) in [5, 5.41) is 8.94. The Morgan fingerprint density at radius 2 is 2.06 bits per heavy atom. The summed E-state index contributed by atoms with van der Waals surface area (Å²) >= 11 is 1.20. The van der Waals surface area contributed by atoms with Gasteiger partial charge < -0.3 is 5.73 Å². The van der Waals surface area contributed by atoms with Gasteiger partial charge in [0, 0.05) is 4.88 Å². The molecule has 0 aliphatic carbocycles. The maximum atomic E-state index is 13.2. The van der Waals surface area contributed by atoms with Crippen molar-refractivity contribution in [2.75, 3.05) is 5.73 Å². The van der Waals surface area contributed by atoms with Gasteiger partial charge in [-0.15, -0.1) is 11.3 Å². The van der Waals surface area contributed by atoms with Gasteiger partial charge in [-0.25, -0.2) is 8.78 Å². The summed E-state index contributed by atoms with van der Waals surface area (Å²) in [7, 11) is 0. The Morgan fingerprint density at radius 3 is 2.61 bits per heavy atom. The minimum atomic E-state index is -0.903. The number of nitrogens with zero attached hydrogens (tertiary/aromatic N) is 1. The summed E-state index contributed by atoms with van der Waals surface area (Å²) in [5.74, 6) is -1.79. The standard InChI is InChI=1S/C13H10F2N2S/c1-2-8-12(17)11(6-16)18-13(8)7-3-4-9(14)10(15)5-7/h3-5H,2,17H2,1H3. The zero-order chi connectivity index (χ0) is 13.3. The van der Waals surface area contributed by atoms with E-state index in [0.717, 1.165) is 22.6 Å². The number of thiophene rings is 1. The molecule has 0 atom stereocenters. The van der Waals surface area contributed by atoms with Crippen LogP contribution in [0.25, 0.3) is 10.4 Å². The van der Waals surface area contributed by atoms with Gasteiger partial charge in [0.1, 0.15) is 10.9 Å². The number of anilines is 1. The lowest BCUT2D eigenvalue weighted by Gasteiger charge is -2.03. The summed E-state index contributed by atoms with van der Waals surface area (Å²) in [4.78, 5) is 1.14. The zero-order valence-corrected chi connectivity index (χ0v) is 10.4. The van der Waals surface area contributed by atoms with Gasteiger partial charge in [-0.2, -0.15) is 5.26 Å². The fourth-order valence-electron chi connectivity index (χ4n) is 1.78. The van der Waals surface area contributed by atoms with Crippen LogP contribution in [0.4, 0.5) is 14.5 Å². The molecule has 2 nitrogen and oxygen atoms in total. The van der Waals surface area contributed by atoms with Gasteiger partial charge >= 0.3 is 0 Å². The number of nitrogen functional groups attached to an aromatic ring is 1. The van der Waals surface area contributed by atoms with Crippen molar-refractivity contribution in [3.05, 3.63) is 40.3 Å². The van der Waals surface area contributed by atoms with E-state index in [1.165, 1.54) is 17.4 Å². The molecule has 0 spiro atoms. The van der Waals surface area contributed by atoms with Crippen LogP contribution in [0.5, 0.6) is 0 Å². The van der Waals surface area contributed by atoms with E-state index in [4.69, 9.17) is 11.0 Å². The first-order valence-electron chi connectivity index (χ1n) is 5.35. The first kappa shape index (κ1) is 12.5. The third-order valence-corrected chi connectivity index (χ3v) is 3.89. The Kier molecular flexibility index (Phi) is 3.30. The predicted octanol–water partition coefficient (Wildman–Crippen LogP) is 3.71. The molecule has 92 valence electrons. The maximum absolute atomic E-state index is 13.2. The molecule has 0 unspecified atom stereocenters. The topological polar surface area (TPSA) is 49.8 Å². The number of benzene rings is 1. The van der Waals surface area contributed by atoms with E-state index in [1.54, 1.807) is 0 Å². The van der Waals surface area contributed by atoms with Crippen LogP contribution in [-0.2, 0) is 6.42 Å². The van der Waals surface area contributed by atoms with Crippen LogP contribution in [-0.4, -0.2) is 0 Å². The summed E-state index contributed by atoms with van der Waals surface area (Å²) < 4.78 is 26.1. The van der Waals surface area contributed by atoms with Gasteiger partial charge in [0.15, 0.2) is 11.6 Å². The van der Waals surface area contributed by atoms with Gasteiger partial charge in [0.2, 0.25) is 0 Å². The second-order valence-electron chi connectivity index (χ2n) is 3.75. The lowest BCUT2D eigenvalue weighted by Crippen LogP contribution is -1.92. The summed E-state index contributed by atoms with van der Waals surface area (Å²) in [6.07, 6.45) is 0.637. The van der Waals surface area contributed by atoms with E-state index < -0.39 is 11.6 Å². The van der Waals surface area contributed by atoms with Gasteiger partial charge in [-0.05, 0) is 29.7 Å². The number of nitriles is 1. The molecule has 2 rings (SSSR count). The second-order valence-corrected chi connectivity index (χ2v) is 4.77. The summed E-state index contributed by atoms with van der Waals surface area (Å²) in [5.41, 5.74) is 7.64. The van der Waals surface area contributed by atoms with Crippen molar-refractivity contribution in [3.63, 3.8) is 0 Å². The molecule has 0 amide bonds. The van der Waals surface area contributed by atoms with E-state index in [1.807, 2.05) is 13.0 Å². The van der Waals surface area contributed by atoms with E-state index in [0.29, 0.717) is 22.5 Å². The molecule has 0 radical (unpaired) electrons. The molecule has 2 N–H and O–H groups in total. The van der Waals surface area contributed by atoms with Crippen LogP contribution in [0, 0.1) is 23.0 Å². The fraction of sp³-hybridized carbons (Fsp3) is 0.154. The van der Waals surface area contributed by atoms with E-state index in [-0.39, 0.29) is 0 Å². The molecule has 18 heavy (non-hydrogen) atoms. The Bertz CT molecular complexity index is 641. The summed E-state index contributed by atoms with van der Waals surface area (Å²) in [6.45, 7) is 1.91. The average Bonchev–Trinajstić information content (AvgIpc) is 2.69. The molecule has 0 aliphatic rings. The van der Waals surface area contributed by atoms with Crippen molar-refractivity contribution in [1.82, 2.24) is 0 Å². The smallest absolute Gasteiger partial charge is 0.159 e. The molecule has 0 bridgehead atoms. The van der Waals surface area contributed by atoms with Crippen molar-refractivity contribution in [2.45, 2.75) is 13.3 Å². The molecule has 1 aromatic carbocycles. The Balaban J connectivity index is 2.63. The van der Waals surface area contributed by atoms with E-state index in [2.05, 4.69) is 0 Å². The predicted molar refractivity (Wildman–Crippen MR) is 68.2 cm³/mol. The monoisotopic (exact) mass is 264 g/mol. The first-order valence-corrected chi connectivity index (χ1v) is 6.16. The third-order valence-electron chi connectivity index (χ3n) is 2.68. The molecule has 0 aliphatic heterocycles. The second kappa shape index (κ2) is 4.75. The normalized spacial score (nSPS) is 10.3. The highest BCUT2D eigenvalue weighted by atomic mass is 32.1. The zero-order valence-electron chi connectivity index (χ0n) is 9.63. The molecule has 5 heteroatoms. The highest BCUT2D eigenvalue weighted by molar-refractivity contribution is 7.16. The maximum Gasteiger partial charge on any atom is 0.159 e. The van der Waals surface area contributed by atoms with Crippen LogP contribution >= 0.6 is 11.3 Å². The van der Waals surface area contributed by atoms with Crippen LogP contribution < -0.4 is 5.73 Å². The van der Waals surface area contributed by atoms with Gasteiger partial charge in [0.05, 0.1) is 5.69 Å². The van der Waals surface area contributed by atoms with Crippen LogP contribution in [0.2, 0.25) is 0 Å². The first-order chi connectivity index (χ1) is 8.58. The van der Waals surface area contributed by atoms with Crippen LogP contribution in [0.15, 0.2) is 18.2 Å². The Hall–Kier alpha value is -1.93. The molecule has 1 heterocycles. The molecule has 0 saturated carbocycles. The highest BCUT2D eigenvalue weighted by Crippen LogP contribution is 2.38. The van der Waals surface area contributed by atoms with Crippen LogP contribution in [0.1, 0.15) is 17.4 Å². The molecule has 1 aromatic heterocycles. The molecular formula is C13H10F2N2S. The third kappa shape index (κ3) is 1.95. The van der Waals surface area contributed by atoms with E-state index in [9.17, 15) is 8.78 Å². The lowest BCUT2D eigenvalue weighted by molar-refractivity contribution is 0.509. The lowest BCUT2D eigenvalue weighted by atomic mass is 10.1. The molecular weight excluding hydrogens is 254 g/mol. The minimum absolute atomic E-state index is 0.409. The van der Waals surface area contributed by atoms with Crippen molar-refractivity contribution in [2.24, 2.45) is 0 Å². The quantitative estimate of drug-likeness (QED) is 0.898. The van der Waals surface area contributed by atoms with E-state index >= 15 is 0 Å². The number of halogens is 2. The van der Waals surface area contributed by atoms with Crippen molar-refractivity contribution in [1.29, 1.82) is 5.26 Å². The van der Waals surface area contributed by atoms with Gasteiger partial charge in [-0.1, -0.05) is 13.0 Å². The van der Waals surface area contributed by atoms with Gasteiger partial charge in [-0.3, -0.25) is 0 Å².